The topological polar surface area (TPSA) is 82.5 Å². The maximum atomic E-state index is 12.3. The predicted octanol–water partition coefficient (Wildman–Crippen LogP) is 2.69. The lowest BCUT2D eigenvalue weighted by atomic mass is 9.86. The summed E-state index contributed by atoms with van der Waals surface area (Å²) >= 11 is 0. The number of carbonyl (C=O) groups is 2. The first-order valence-electron chi connectivity index (χ1n) is 8.79. The third-order valence-corrected chi connectivity index (χ3v) is 4.62. The summed E-state index contributed by atoms with van der Waals surface area (Å²) in [5, 5.41) is 12.0. The van der Waals surface area contributed by atoms with Gasteiger partial charge in [-0.1, -0.05) is 6.92 Å². The molecule has 6 heteroatoms. The van der Waals surface area contributed by atoms with E-state index in [-0.39, 0.29) is 17.9 Å². The third kappa shape index (κ3) is 4.69. The molecule has 0 aliphatic heterocycles. The molecule has 0 aromatic carbocycles. The molecule has 1 aromatic rings. The predicted molar refractivity (Wildman–Crippen MR) is 93.3 cm³/mol. The number of nitrogens with one attached hydrogen (secondary N) is 1. The molecular formula is C18H27N3O3. The average Bonchev–Trinajstić information content (AvgIpc) is 2.60. The minimum Gasteiger partial charge on any atom is -0.481 e. The van der Waals surface area contributed by atoms with E-state index in [0.29, 0.717) is 31.2 Å². The fourth-order valence-corrected chi connectivity index (χ4v) is 3.17. The maximum absolute atomic E-state index is 12.3. The van der Waals surface area contributed by atoms with E-state index in [9.17, 15) is 9.59 Å². The number of nitrogens with zero attached hydrogens (tertiary/aromatic N) is 2. The van der Waals surface area contributed by atoms with E-state index < -0.39 is 5.97 Å². The molecule has 1 heterocycles. The van der Waals surface area contributed by atoms with Crippen molar-refractivity contribution in [3.05, 3.63) is 23.9 Å². The Morgan fingerprint density at radius 2 is 1.96 bits per heavy atom. The van der Waals surface area contributed by atoms with Gasteiger partial charge in [0.25, 0.3) is 5.91 Å². The van der Waals surface area contributed by atoms with E-state index in [1.165, 1.54) is 0 Å². The minimum absolute atomic E-state index is 0.0556. The Morgan fingerprint density at radius 1 is 1.25 bits per heavy atom. The van der Waals surface area contributed by atoms with Gasteiger partial charge in [-0.25, -0.2) is 4.98 Å². The molecule has 6 nitrogen and oxygen atoms in total. The number of hydrogen-bond donors (Lipinski definition) is 2. The summed E-state index contributed by atoms with van der Waals surface area (Å²) in [4.78, 5) is 29.9. The van der Waals surface area contributed by atoms with Crippen LogP contribution in [0.15, 0.2) is 18.3 Å². The van der Waals surface area contributed by atoms with Crippen LogP contribution in [0, 0.1) is 5.92 Å². The Kier molecular flexibility index (Phi) is 6.58. The van der Waals surface area contributed by atoms with Crippen LogP contribution >= 0.6 is 0 Å². The second kappa shape index (κ2) is 8.66. The Balaban J connectivity index is 1.90. The van der Waals surface area contributed by atoms with Gasteiger partial charge in [0.2, 0.25) is 0 Å². The van der Waals surface area contributed by atoms with Crippen molar-refractivity contribution in [2.45, 2.75) is 52.0 Å². The highest BCUT2D eigenvalue weighted by atomic mass is 16.4. The number of amides is 1. The van der Waals surface area contributed by atoms with E-state index in [1.54, 1.807) is 12.3 Å². The van der Waals surface area contributed by atoms with Gasteiger partial charge in [-0.3, -0.25) is 9.59 Å². The first kappa shape index (κ1) is 18.2. The molecule has 1 fully saturated rings. The minimum atomic E-state index is -0.730. The van der Waals surface area contributed by atoms with Gasteiger partial charge in [0.15, 0.2) is 0 Å². The van der Waals surface area contributed by atoms with Gasteiger partial charge in [-0.05, 0) is 51.2 Å². The molecular weight excluding hydrogens is 306 g/mol. The van der Waals surface area contributed by atoms with E-state index in [2.05, 4.69) is 29.0 Å². The van der Waals surface area contributed by atoms with Crippen molar-refractivity contribution in [1.82, 2.24) is 10.3 Å². The number of pyridine rings is 1. The van der Waals surface area contributed by atoms with Crippen molar-refractivity contribution in [3.63, 3.8) is 0 Å². The number of aliphatic carboxylic acids is 1. The summed E-state index contributed by atoms with van der Waals surface area (Å²) in [6.07, 6.45) is 5.35. The van der Waals surface area contributed by atoms with Gasteiger partial charge in [-0.2, -0.15) is 0 Å². The zero-order valence-corrected chi connectivity index (χ0v) is 14.5. The molecule has 0 atom stereocenters. The van der Waals surface area contributed by atoms with Gasteiger partial charge in [0.05, 0.1) is 11.5 Å². The van der Waals surface area contributed by atoms with Crippen LogP contribution in [0.5, 0.6) is 0 Å². The summed E-state index contributed by atoms with van der Waals surface area (Å²) in [6.45, 7) is 6.05. The van der Waals surface area contributed by atoms with Crippen LogP contribution in [0.25, 0.3) is 0 Å². The number of rotatable bonds is 7. The van der Waals surface area contributed by atoms with Crippen LogP contribution in [0.2, 0.25) is 0 Å². The van der Waals surface area contributed by atoms with Crippen molar-refractivity contribution < 1.29 is 14.7 Å². The van der Waals surface area contributed by atoms with Crippen molar-refractivity contribution >= 4 is 17.7 Å². The number of carbonyl (C=O) groups excluding carboxylic acids is 1. The Labute approximate surface area is 143 Å². The summed E-state index contributed by atoms with van der Waals surface area (Å²) in [5.74, 6) is -0.242. The van der Waals surface area contributed by atoms with Crippen molar-refractivity contribution in [2.75, 3.05) is 18.0 Å². The smallest absolute Gasteiger partial charge is 0.306 e. The monoisotopic (exact) mass is 333 g/mol. The van der Waals surface area contributed by atoms with Gasteiger partial charge in [0.1, 0.15) is 5.82 Å². The molecule has 0 radical (unpaired) electrons. The van der Waals surface area contributed by atoms with E-state index in [1.807, 2.05) is 6.07 Å². The lowest BCUT2D eigenvalue weighted by Crippen LogP contribution is -2.38. The zero-order chi connectivity index (χ0) is 17.5. The first-order valence-corrected chi connectivity index (χ1v) is 8.79. The van der Waals surface area contributed by atoms with Crippen molar-refractivity contribution in [3.8, 4) is 0 Å². The normalized spacial score (nSPS) is 20.4. The van der Waals surface area contributed by atoms with Crippen LogP contribution in [-0.4, -0.2) is 41.1 Å². The van der Waals surface area contributed by atoms with Crippen LogP contribution in [0.3, 0.4) is 0 Å². The standard InChI is InChI=1S/C18H27N3O3/c1-3-11-21(4-2)16-10-7-14(12-19-16)17(22)20-15-8-5-13(6-9-15)18(23)24/h7,10,12-13,15H,3-6,8-9,11H2,1-2H3,(H,20,22)(H,23,24). The molecule has 0 unspecified atom stereocenters. The molecule has 132 valence electrons. The molecule has 1 aliphatic rings. The lowest BCUT2D eigenvalue weighted by molar-refractivity contribution is -0.142. The first-order chi connectivity index (χ1) is 11.5. The number of aromatic nitrogens is 1. The molecule has 0 spiro atoms. The second-order valence-electron chi connectivity index (χ2n) is 6.34. The van der Waals surface area contributed by atoms with Crippen molar-refractivity contribution in [1.29, 1.82) is 0 Å². The average molecular weight is 333 g/mol. The van der Waals surface area contributed by atoms with Gasteiger partial charge < -0.3 is 15.3 Å². The quantitative estimate of drug-likeness (QED) is 0.801. The summed E-state index contributed by atoms with van der Waals surface area (Å²) in [5.41, 5.74) is 0.548. The van der Waals surface area contributed by atoms with E-state index in [0.717, 1.165) is 25.3 Å². The summed E-state index contributed by atoms with van der Waals surface area (Å²) in [6, 6.07) is 3.74. The molecule has 1 aromatic heterocycles. The van der Waals surface area contributed by atoms with Gasteiger partial charge >= 0.3 is 5.97 Å². The highest BCUT2D eigenvalue weighted by Gasteiger charge is 2.26. The maximum Gasteiger partial charge on any atom is 0.306 e. The molecule has 0 saturated heterocycles. The zero-order valence-electron chi connectivity index (χ0n) is 14.5. The highest BCUT2D eigenvalue weighted by molar-refractivity contribution is 5.94. The summed E-state index contributed by atoms with van der Waals surface area (Å²) in [7, 11) is 0. The number of carboxylic acids is 1. The molecule has 1 amide bonds. The Morgan fingerprint density at radius 3 is 2.46 bits per heavy atom. The van der Waals surface area contributed by atoms with E-state index in [4.69, 9.17) is 5.11 Å². The highest BCUT2D eigenvalue weighted by Crippen LogP contribution is 2.24. The van der Waals surface area contributed by atoms with Crippen molar-refractivity contribution in [2.24, 2.45) is 5.92 Å². The third-order valence-electron chi connectivity index (χ3n) is 4.62. The van der Waals surface area contributed by atoms with Crippen LogP contribution in [0.1, 0.15) is 56.3 Å². The molecule has 24 heavy (non-hydrogen) atoms. The Bertz CT molecular complexity index is 551. The number of hydrogen-bond acceptors (Lipinski definition) is 4. The Hall–Kier alpha value is -2.11. The van der Waals surface area contributed by atoms with Crippen LogP contribution in [0.4, 0.5) is 5.82 Å². The molecule has 0 bridgehead atoms. The van der Waals surface area contributed by atoms with E-state index >= 15 is 0 Å². The fraction of sp³-hybridized carbons (Fsp3) is 0.611. The SMILES string of the molecule is CCCN(CC)c1ccc(C(=O)NC2CCC(C(=O)O)CC2)cn1. The number of anilines is 1. The summed E-state index contributed by atoms with van der Waals surface area (Å²) < 4.78 is 0. The largest absolute Gasteiger partial charge is 0.481 e. The lowest BCUT2D eigenvalue weighted by Gasteiger charge is -2.27. The molecule has 1 saturated carbocycles. The van der Waals surface area contributed by atoms with Crippen LogP contribution < -0.4 is 10.2 Å². The molecule has 2 N–H and O–H groups in total. The van der Waals surface area contributed by atoms with Crippen LogP contribution in [-0.2, 0) is 4.79 Å². The second-order valence-corrected chi connectivity index (χ2v) is 6.34. The molecule has 1 aliphatic carbocycles. The molecule has 2 rings (SSSR count). The van der Waals surface area contributed by atoms with Gasteiger partial charge in [0, 0.05) is 25.3 Å². The number of carboxylic acid groups (broad SMARTS) is 1. The fourth-order valence-electron chi connectivity index (χ4n) is 3.17. The van der Waals surface area contributed by atoms with Gasteiger partial charge in [-0.15, -0.1) is 0 Å².